The van der Waals surface area contributed by atoms with Gasteiger partial charge < -0.3 is 20.5 Å². The van der Waals surface area contributed by atoms with E-state index in [1.54, 1.807) is 14.2 Å². The first-order valence-electron chi connectivity index (χ1n) is 6.00. The number of nitrogen functional groups attached to an aromatic ring is 1. The number of ether oxygens (including phenoxy) is 2. The molecule has 0 unspecified atom stereocenters. The molecule has 0 aromatic heterocycles. The van der Waals surface area contributed by atoms with E-state index in [2.05, 4.69) is 5.32 Å². The van der Waals surface area contributed by atoms with Gasteiger partial charge in [-0.3, -0.25) is 0 Å². The molecule has 4 nitrogen and oxygen atoms in total. The van der Waals surface area contributed by atoms with Crippen molar-refractivity contribution >= 4 is 17.1 Å². The van der Waals surface area contributed by atoms with Crippen LogP contribution in [-0.2, 0) is 0 Å². The maximum atomic E-state index is 6.04. The zero-order valence-corrected chi connectivity index (χ0v) is 11.4. The van der Waals surface area contributed by atoms with Crippen molar-refractivity contribution in [2.75, 3.05) is 25.3 Å². The molecular formula is C15H18N2O2. The highest BCUT2D eigenvalue weighted by molar-refractivity contribution is 5.79. The van der Waals surface area contributed by atoms with Gasteiger partial charge in [-0.2, -0.15) is 0 Å². The lowest BCUT2D eigenvalue weighted by molar-refractivity contribution is 0.416. The Kier molecular flexibility index (Phi) is 3.80. The Morgan fingerprint density at radius 1 is 0.947 bits per heavy atom. The molecule has 3 N–H and O–H groups in total. The van der Waals surface area contributed by atoms with Gasteiger partial charge in [-0.15, -0.1) is 0 Å². The summed E-state index contributed by atoms with van der Waals surface area (Å²) in [7, 11) is 3.24. The summed E-state index contributed by atoms with van der Waals surface area (Å²) in [5.41, 5.74) is 9.44. The Morgan fingerprint density at radius 2 is 1.68 bits per heavy atom. The largest absolute Gasteiger partial charge is 0.495 e. The molecule has 0 aliphatic heterocycles. The Balaban J connectivity index is 2.38. The van der Waals surface area contributed by atoms with Crippen molar-refractivity contribution in [1.82, 2.24) is 0 Å². The van der Waals surface area contributed by atoms with Crippen LogP contribution in [0.4, 0.5) is 17.1 Å². The fourth-order valence-corrected chi connectivity index (χ4v) is 1.90. The quantitative estimate of drug-likeness (QED) is 0.826. The minimum absolute atomic E-state index is 0.577. The van der Waals surface area contributed by atoms with Gasteiger partial charge in [0.25, 0.3) is 0 Å². The summed E-state index contributed by atoms with van der Waals surface area (Å²) in [6, 6.07) is 11.6. The molecule has 2 rings (SSSR count). The highest BCUT2D eigenvalue weighted by atomic mass is 16.5. The first-order chi connectivity index (χ1) is 9.15. The van der Waals surface area contributed by atoms with Crippen LogP contribution in [0.15, 0.2) is 36.4 Å². The lowest BCUT2D eigenvalue weighted by atomic mass is 10.2. The van der Waals surface area contributed by atoms with E-state index in [-0.39, 0.29) is 0 Å². The standard InChI is InChI=1S/C15H18N2O2/c1-10-7-8-13(18-2)12(9-10)17-11-5-4-6-14(19-3)15(11)16/h4-9,17H,16H2,1-3H3. The van der Waals surface area contributed by atoms with Crippen LogP contribution in [0.3, 0.4) is 0 Å². The number of methoxy groups -OCH3 is 2. The van der Waals surface area contributed by atoms with Gasteiger partial charge in [0.05, 0.1) is 31.3 Å². The monoisotopic (exact) mass is 258 g/mol. The fourth-order valence-electron chi connectivity index (χ4n) is 1.90. The Labute approximate surface area is 113 Å². The van der Waals surface area contributed by atoms with E-state index in [9.17, 15) is 0 Å². The molecule has 0 saturated heterocycles. The topological polar surface area (TPSA) is 56.5 Å². The highest BCUT2D eigenvalue weighted by Gasteiger charge is 2.08. The number of hydrogen-bond acceptors (Lipinski definition) is 4. The van der Waals surface area contributed by atoms with Gasteiger partial charge in [0.2, 0.25) is 0 Å². The van der Waals surface area contributed by atoms with Crippen LogP contribution >= 0.6 is 0 Å². The second-order valence-corrected chi connectivity index (χ2v) is 4.25. The molecular weight excluding hydrogens is 240 g/mol. The van der Waals surface area contributed by atoms with Crippen LogP contribution < -0.4 is 20.5 Å². The van der Waals surface area contributed by atoms with Crippen molar-refractivity contribution < 1.29 is 9.47 Å². The van der Waals surface area contributed by atoms with E-state index >= 15 is 0 Å². The van der Waals surface area contributed by atoms with E-state index in [0.717, 1.165) is 22.7 Å². The number of benzene rings is 2. The fraction of sp³-hybridized carbons (Fsp3) is 0.200. The van der Waals surface area contributed by atoms with Gasteiger partial charge in [0.1, 0.15) is 11.5 Å². The van der Waals surface area contributed by atoms with Crippen LogP contribution in [0, 0.1) is 6.92 Å². The summed E-state index contributed by atoms with van der Waals surface area (Å²) in [4.78, 5) is 0. The Morgan fingerprint density at radius 3 is 2.37 bits per heavy atom. The Bertz CT molecular complexity index is 582. The van der Waals surface area contributed by atoms with Crippen molar-refractivity contribution in [3.63, 3.8) is 0 Å². The van der Waals surface area contributed by atoms with E-state index in [1.807, 2.05) is 43.3 Å². The second-order valence-electron chi connectivity index (χ2n) is 4.25. The van der Waals surface area contributed by atoms with Gasteiger partial charge in [0, 0.05) is 0 Å². The SMILES string of the molecule is COc1ccc(C)cc1Nc1cccc(OC)c1N. The van der Waals surface area contributed by atoms with Crippen LogP contribution in [0.5, 0.6) is 11.5 Å². The van der Waals surface area contributed by atoms with Gasteiger partial charge in [-0.05, 0) is 36.8 Å². The molecule has 2 aromatic rings. The molecule has 0 fully saturated rings. The van der Waals surface area contributed by atoms with E-state index in [0.29, 0.717) is 11.4 Å². The third-order valence-corrected chi connectivity index (χ3v) is 2.91. The highest BCUT2D eigenvalue weighted by Crippen LogP contribution is 2.34. The van der Waals surface area contributed by atoms with Crippen molar-refractivity contribution in [3.05, 3.63) is 42.0 Å². The molecule has 0 heterocycles. The molecule has 0 atom stereocenters. The number of anilines is 3. The smallest absolute Gasteiger partial charge is 0.143 e. The zero-order valence-electron chi connectivity index (χ0n) is 11.4. The van der Waals surface area contributed by atoms with Crippen molar-refractivity contribution in [1.29, 1.82) is 0 Å². The predicted octanol–water partition coefficient (Wildman–Crippen LogP) is 3.34. The summed E-state index contributed by atoms with van der Waals surface area (Å²) in [5.74, 6) is 1.42. The molecule has 100 valence electrons. The lowest BCUT2D eigenvalue weighted by Crippen LogP contribution is -2.00. The molecule has 0 saturated carbocycles. The van der Waals surface area contributed by atoms with E-state index in [4.69, 9.17) is 15.2 Å². The maximum Gasteiger partial charge on any atom is 0.143 e. The molecule has 0 aliphatic rings. The van der Waals surface area contributed by atoms with Crippen molar-refractivity contribution in [2.45, 2.75) is 6.92 Å². The van der Waals surface area contributed by atoms with Crippen molar-refractivity contribution in [2.24, 2.45) is 0 Å². The molecule has 0 aliphatic carbocycles. The van der Waals surface area contributed by atoms with Crippen LogP contribution in [-0.4, -0.2) is 14.2 Å². The average Bonchev–Trinajstić information content (AvgIpc) is 2.41. The van der Waals surface area contributed by atoms with Gasteiger partial charge in [-0.1, -0.05) is 12.1 Å². The molecule has 0 spiro atoms. The molecule has 0 radical (unpaired) electrons. The zero-order chi connectivity index (χ0) is 13.8. The summed E-state index contributed by atoms with van der Waals surface area (Å²) in [5, 5.41) is 3.28. The lowest BCUT2D eigenvalue weighted by Gasteiger charge is -2.15. The third-order valence-electron chi connectivity index (χ3n) is 2.91. The summed E-state index contributed by atoms with van der Waals surface area (Å²) in [6.45, 7) is 2.03. The normalized spacial score (nSPS) is 10.1. The van der Waals surface area contributed by atoms with Crippen molar-refractivity contribution in [3.8, 4) is 11.5 Å². The van der Waals surface area contributed by atoms with Gasteiger partial charge in [0.15, 0.2) is 0 Å². The van der Waals surface area contributed by atoms with Crippen LogP contribution in [0.2, 0.25) is 0 Å². The van der Waals surface area contributed by atoms with Crippen LogP contribution in [0.1, 0.15) is 5.56 Å². The second kappa shape index (κ2) is 5.52. The minimum Gasteiger partial charge on any atom is -0.495 e. The maximum absolute atomic E-state index is 6.04. The first kappa shape index (κ1) is 13.1. The molecule has 0 bridgehead atoms. The summed E-state index contributed by atoms with van der Waals surface area (Å²) >= 11 is 0. The molecule has 2 aromatic carbocycles. The molecule has 4 heteroatoms. The van der Waals surface area contributed by atoms with E-state index < -0.39 is 0 Å². The van der Waals surface area contributed by atoms with Gasteiger partial charge >= 0.3 is 0 Å². The summed E-state index contributed by atoms with van der Waals surface area (Å²) < 4.78 is 10.5. The number of aryl methyl sites for hydroxylation is 1. The first-order valence-corrected chi connectivity index (χ1v) is 6.00. The Hall–Kier alpha value is -2.36. The number of nitrogens with one attached hydrogen (secondary N) is 1. The van der Waals surface area contributed by atoms with Crippen LogP contribution in [0.25, 0.3) is 0 Å². The summed E-state index contributed by atoms with van der Waals surface area (Å²) in [6.07, 6.45) is 0. The third kappa shape index (κ3) is 2.73. The number of rotatable bonds is 4. The molecule has 0 amide bonds. The van der Waals surface area contributed by atoms with E-state index in [1.165, 1.54) is 0 Å². The molecule has 19 heavy (non-hydrogen) atoms. The number of hydrogen-bond donors (Lipinski definition) is 2. The van der Waals surface area contributed by atoms with Gasteiger partial charge in [-0.25, -0.2) is 0 Å². The minimum atomic E-state index is 0.577. The predicted molar refractivity (Wildman–Crippen MR) is 78.4 cm³/mol. The number of para-hydroxylation sites is 1. The average molecular weight is 258 g/mol. The number of nitrogens with two attached hydrogens (primary N) is 1.